The summed E-state index contributed by atoms with van der Waals surface area (Å²) in [4.78, 5) is 26.7. The highest BCUT2D eigenvalue weighted by atomic mass is 16.4. The highest BCUT2D eigenvalue weighted by molar-refractivity contribution is 6.07. The van der Waals surface area contributed by atoms with Crippen LogP contribution in [-0.4, -0.2) is 34.5 Å². The number of carbonyl (C=O) groups excluding carboxylic acids is 1. The maximum absolute atomic E-state index is 11.5. The molecule has 2 N–H and O–H groups in total. The second kappa shape index (κ2) is 4.65. The smallest absolute Gasteiger partial charge is 0.432 e. The minimum atomic E-state index is -1.30. The number of urea groups is 1. The summed E-state index contributed by atoms with van der Waals surface area (Å²) < 4.78 is 0. The molecule has 1 fully saturated rings. The second-order valence-corrected chi connectivity index (χ2v) is 3.54. The van der Waals surface area contributed by atoms with E-state index in [1.165, 1.54) is 4.90 Å². The SMILES string of the molecule is O=C(O)/N=C1\CNC(=O)N1Cc1ccccc1. The molecular formula is C11H11N3O3. The lowest BCUT2D eigenvalue weighted by atomic mass is 10.2. The lowest BCUT2D eigenvalue weighted by Gasteiger charge is -2.14. The lowest BCUT2D eigenvalue weighted by Crippen LogP contribution is -2.30. The maximum Gasteiger partial charge on any atom is 0.432 e. The van der Waals surface area contributed by atoms with Gasteiger partial charge in [-0.05, 0) is 5.56 Å². The van der Waals surface area contributed by atoms with Crippen LogP contribution in [0.5, 0.6) is 0 Å². The highest BCUT2D eigenvalue weighted by Crippen LogP contribution is 2.09. The molecule has 0 aromatic heterocycles. The quantitative estimate of drug-likeness (QED) is 0.807. The van der Waals surface area contributed by atoms with E-state index in [2.05, 4.69) is 10.3 Å². The number of nitrogens with one attached hydrogen (secondary N) is 1. The third-order valence-corrected chi connectivity index (χ3v) is 2.36. The van der Waals surface area contributed by atoms with Crippen LogP contribution in [0.3, 0.4) is 0 Å². The Bertz CT molecular complexity index is 470. The van der Waals surface area contributed by atoms with Gasteiger partial charge in [-0.25, -0.2) is 9.59 Å². The molecule has 0 aliphatic carbocycles. The van der Waals surface area contributed by atoms with Gasteiger partial charge in [0.2, 0.25) is 0 Å². The van der Waals surface area contributed by atoms with Crippen LogP contribution in [0.25, 0.3) is 0 Å². The van der Waals surface area contributed by atoms with E-state index in [0.717, 1.165) is 5.56 Å². The summed E-state index contributed by atoms with van der Waals surface area (Å²) in [7, 11) is 0. The third-order valence-electron chi connectivity index (χ3n) is 2.36. The molecule has 0 spiro atoms. The maximum atomic E-state index is 11.5. The number of nitrogens with zero attached hydrogens (tertiary/aromatic N) is 2. The van der Waals surface area contributed by atoms with Gasteiger partial charge < -0.3 is 10.4 Å². The Morgan fingerprint density at radius 2 is 2.12 bits per heavy atom. The molecule has 3 amide bonds. The largest absolute Gasteiger partial charge is 0.463 e. The molecule has 6 heteroatoms. The molecule has 1 aliphatic rings. The summed E-state index contributed by atoms with van der Waals surface area (Å²) in [5.74, 6) is 0.228. The second-order valence-electron chi connectivity index (χ2n) is 3.54. The summed E-state index contributed by atoms with van der Waals surface area (Å²) in [6.45, 7) is 0.469. The van der Waals surface area contributed by atoms with Crippen molar-refractivity contribution >= 4 is 18.0 Å². The molecule has 17 heavy (non-hydrogen) atoms. The van der Waals surface area contributed by atoms with E-state index in [1.807, 2.05) is 30.3 Å². The summed E-state index contributed by atoms with van der Waals surface area (Å²) in [6, 6.07) is 9.00. The first-order valence-electron chi connectivity index (χ1n) is 5.06. The molecule has 0 bridgehead atoms. The fraction of sp³-hybridized carbons (Fsp3) is 0.182. The van der Waals surface area contributed by atoms with Crippen molar-refractivity contribution in [2.45, 2.75) is 6.54 Å². The fourth-order valence-electron chi connectivity index (χ4n) is 1.60. The number of carboxylic acid groups (broad SMARTS) is 1. The molecule has 1 heterocycles. The Labute approximate surface area is 97.6 Å². The van der Waals surface area contributed by atoms with Crippen molar-refractivity contribution < 1.29 is 14.7 Å². The normalized spacial score (nSPS) is 17.3. The van der Waals surface area contributed by atoms with E-state index in [1.54, 1.807) is 0 Å². The van der Waals surface area contributed by atoms with Gasteiger partial charge in [-0.1, -0.05) is 30.3 Å². The molecule has 1 saturated heterocycles. The Balaban J connectivity index is 2.18. The van der Waals surface area contributed by atoms with E-state index >= 15 is 0 Å². The standard InChI is InChI=1S/C11H11N3O3/c15-10-12-6-9(13-11(16)17)14(10)7-8-4-2-1-3-5-8/h1-5H,6-7H2,(H,12,15)(H,16,17)/b13-9+. The van der Waals surface area contributed by atoms with Gasteiger partial charge in [-0.15, -0.1) is 0 Å². The van der Waals surface area contributed by atoms with E-state index < -0.39 is 6.09 Å². The van der Waals surface area contributed by atoms with Crippen molar-refractivity contribution in [1.29, 1.82) is 0 Å². The van der Waals surface area contributed by atoms with Gasteiger partial charge in [-0.3, -0.25) is 4.90 Å². The summed E-state index contributed by atoms with van der Waals surface area (Å²) >= 11 is 0. The van der Waals surface area contributed by atoms with Gasteiger partial charge in [-0.2, -0.15) is 4.99 Å². The number of hydrogen-bond donors (Lipinski definition) is 2. The zero-order valence-corrected chi connectivity index (χ0v) is 8.96. The predicted molar refractivity (Wildman–Crippen MR) is 60.8 cm³/mol. The molecule has 1 aromatic rings. The zero-order valence-electron chi connectivity index (χ0n) is 8.96. The Morgan fingerprint density at radius 1 is 1.41 bits per heavy atom. The van der Waals surface area contributed by atoms with Gasteiger partial charge in [0, 0.05) is 0 Å². The van der Waals surface area contributed by atoms with Crippen LogP contribution >= 0.6 is 0 Å². The number of aliphatic imine (C=N–C) groups is 1. The molecule has 1 aliphatic heterocycles. The number of rotatable bonds is 2. The molecule has 6 nitrogen and oxygen atoms in total. The average molecular weight is 233 g/mol. The van der Waals surface area contributed by atoms with Crippen molar-refractivity contribution in [3.63, 3.8) is 0 Å². The minimum absolute atomic E-state index is 0.151. The Morgan fingerprint density at radius 3 is 2.76 bits per heavy atom. The lowest BCUT2D eigenvalue weighted by molar-refractivity contribution is 0.205. The van der Waals surface area contributed by atoms with Gasteiger partial charge >= 0.3 is 12.1 Å². The summed E-state index contributed by atoms with van der Waals surface area (Å²) in [6.07, 6.45) is -1.30. The first kappa shape index (κ1) is 11.1. The van der Waals surface area contributed by atoms with Gasteiger partial charge in [0.05, 0.1) is 13.1 Å². The predicted octanol–water partition coefficient (Wildman–Crippen LogP) is 1.29. The van der Waals surface area contributed by atoms with Gasteiger partial charge in [0.15, 0.2) is 0 Å². The van der Waals surface area contributed by atoms with E-state index in [0.29, 0.717) is 6.54 Å². The third kappa shape index (κ3) is 2.60. The van der Waals surface area contributed by atoms with Crippen LogP contribution in [0.1, 0.15) is 5.56 Å². The number of carbonyl (C=O) groups is 2. The average Bonchev–Trinajstić information content (AvgIpc) is 2.62. The van der Waals surface area contributed by atoms with Crippen LogP contribution in [0.4, 0.5) is 9.59 Å². The van der Waals surface area contributed by atoms with Crippen molar-refractivity contribution in [2.75, 3.05) is 6.54 Å². The minimum Gasteiger partial charge on any atom is -0.463 e. The van der Waals surface area contributed by atoms with Crippen LogP contribution in [-0.2, 0) is 6.54 Å². The zero-order chi connectivity index (χ0) is 12.3. The molecule has 0 radical (unpaired) electrons. The summed E-state index contributed by atoms with van der Waals surface area (Å²) in [5, 5.41) is 11.1. The molecule has 0 saturated carbocycles. The van der Waals surface area contributed by atoms with Crippen LogP contribution in [0.2, 0.25) is 0 Å². The van der Waals surface area contributed by atoms with Crippen molar-refractivity contribution in [2.24, 2.45) is 4.99 Å². The number of hydrogen-bond acceptors (Lipinski definition) is 2. The number of amidine groups is 1. The Kier molecular flexibility index (Phi) is 3.04. The molecule has 88 valence electrons. The topological polar surface area (TPSA) is 82.0 Å². The van der Waals surface area contributed by atoms with E-state index in [9.17, 15) is 9.59 Å². The monoisotopic (exact) mass is 233 g/mol. The van der Waals surface area contributed by atoms with Crippen LogP contribution < -0.4 is 5.32 Å². The van der Waals surface area contributed by atoms with Crippen LogP contribution in [0, 0.1) is 0 Å². The number of amides is 3. The van der Waals surface area contributed by atoms with Crippen LogP contribution in [0.15, 0.2) is 35.3 Å². The van der Waals surface area contributed by atoms with E-state index in [4.69, 9.17) is 5.11 Å². The van der Waals surface area contributed by atoms with Gasteiger partial charge in [0.1, 0.15) is 5.84 Å². The van der Waals surface area contributed by atoms with Crippen molar-refractivity contribution in [3.05, 3.63) is 35.9 Å². The first-order valence-corrected chi connectivity index (χ1v) is 5.06. The number of benzene rings is 1. The summed E-state index contributed by atoms with van der Waals surface area (Å²) in [5.41, 5.74) is 0.919. The molecule has 1 aromatic carbocycles. The fourth-order valence-corrected chi connectivity index (χ4v) is 1.60. The highest BCUT2D eigenvalue weighted by Gasteiger charge is 2.27. The molecule has 2 rings (SSSR count). The molecule has 0 unspecified atom stereocenters. The molecular weight excluding hydrogens is 222 g/mol. The van der Waals surface area contributed by atoms with Gasteiger partial charge in [0.25, 0.3) is 0 Å². The first-order chi connectivity index (χ1) is 8.16. The van der Waals surface area contributed by atoms with Crippen molar-refractivity contribution in [3.8, 4) is 0 Å². The van der Waals surface area contributed by atoms with E-state index in [-0.39, 0.29) is 18.4 Å². The molecule has 0 atom stereocenters. The Hall–Kier alpha value is -2.37. The van der Waals surface area contributed by atoms with Crippen molar-refractivity contribution in [1.82, 2.24) is 10.2 Å².